The van der Waals surface area contributed by atoms with Gasteiger partial charge in [0.2, 0.25) is 11.8 Å². The van der Waals surface area contributed by atoms with Gasteiger partial charge in [-0.25, -0.2) is 15.0 Å². The first-order chi connectivity index (χ1) is 10.1. The molecule has 0 spiro atoms. The van der Waals surface area contributed by atoms with Crippen molar-refractivity contribution in [1.29, 1.82) is 0 Å². The van der Waals surface area contributed by atoms with Gasteiger partial charge in [0.15, 0.2) is 0 Å². The summed E-state index contributed by atoms with van der Waals surface area (Å²) in [6.07, 6.45) is 4.79. The van der Waals surface area contributed by atoms with Crippen molar-refractivity contribution in [3.05, 3.63) is 17.5 Å². The van der Waals surface area contributed by atoms with E-state index >= 15 is 0 Å². The molecule has 0 bridgehead atoms. The Morgan fingerprint density at radius 1 is 0.810 bits per heavy atom. The van der Waals surface area contributed by atoms with Crippen LogP contribution in [0.4, 0.5) is 0 Å². The fraction of sp³-hybridized carbons (Fsp3) is 0.667. The van der Waals surface area contributed by atoms with E-state index in [0.717, 1.165) is 37.3 Å². The van der Waals surface area contributed by atoms with E-state index in [9.17, 15) is 9.59 Å². The molecule has 1 fully saturated rings. The van der Waals surface area contributed by atoms with E-state index in [0.29, 0.717) is 31.6 Å². The van der Waals surface area contributed by atoms with Crippen LogP contribution >= 0.6 is 0 Å². The highest BCUT2D eigenvalue weighted by molar-refractivity contribution is 6.01. The summed E-state index contributed by atoms with van der Waals surface area (Å²) in [5.41, 5.74) is 0. The third-order valence-corrected chi connectivity index (χ3v) is 3.44. The van der Waals surface area contributed by atoms with Gasteiger partial charge in [0.25, 0.3) is 0 Å². The van der Waals surface area contributed by atoms with Gasteiger partial charge in [0.05, 0.1) is 0 Å². The molecule has 21 heavy (non-hydrogen) atoms. The lowest BCUT2D eigenvalue weighted by atomic mass is 10.2. The average molecular weight is 290 g/mol. The van der Waals surface area contributed by atoms with Gasteiger partial charge >= 0.3 is 0 Å². The molecular formula is C15H22N4O2. The molecule has 1 aliphatic rings. The van der Waals surface area contributed by atoms with Crippen LogP contribution in [0.1, 0.15) is 57.0 Å². The SMILES string of the molecule is CCCc1nc(CCC)nc(CCN2C(=O)CCC2=O)n1. The fourth-order valence-electron chi connectivity index (χ4n) is 2.39. The Bertz CT molecular complexity index is 490. The molecule has 0 aromatic carbocycles. The minimum atomic E-state index is -0.0865. The molecule has 0 N–H and O–H groups in total. The zero-order valence-corrected chi connectivity index (χ0v) is 12.8. The van der Waals surface area contributed by atoms with E-state index in [-0.39, 0.29) is 11.8 Å². The summed E-state index contributed by atoms with van der Waals surface area (Å²) in [6, 6.07) is 0. The summed E-state index contributed by atoms with van der Waals surface area (Å²) >= 11 is 0. The van der Waals surface area contributed by atoms with Crippen LogP contribution in [0.25, 0.3) is 0 Å². The van der Waals surface area contributed by atoms with Gasteiger partial charge in [-0.05, 0) is 12.8 Å². The zero-order valence-electron chi connectivity index (χ0n) is 12.8. The van der Waals surface area contributed by atoms with Crippen LogP contribution in [-0.4, -0.2) is 38.2 Å². The normalized spacial score (nSPS) is 15.0. The number of likely N-dealkylation sites (tertiary alicyclic amines) is 1. The number of rotatable bonds is 7. The number of carbonyl (C=O) groups is 2. The maximum absolute atomic E-state index is 11.6. The molecule has 0 radical (unpaired) electrons. The van der Waals surface area contributed by atoms with Crippen LogP contribution in [0.5, 0.6) is 0 Å². The van der Waals surface area contributed by atoms with E-state index < -0.39 is 0 Å². The predicted molar refractivity (Wildman–Crippen MR) is 77.5 cm³/mol. The summed E-state index contributed by atoms with van der Waals surface area (Å²) < 4.78 is 0. The van der Waals surface area contributed by atoms with E-state index in [2.05, 4.69) is 28.8 Å². The molecule has 0 atom stereocenters. The van der Waals surface area contributed by atoms with Crippen LogP contribution in [0.3, 0.4) is 0 Å². The van der Waals surface area contributed by atoms with Gasteiger partial charge in [0, 0.05) is 38.6 Å². The summed E-state index contributed by atoms with van der Waals surface area (Å²) in [5, 5.41) is 0. The van der Waals surface area contributed by atoms with Crippen molar-refractivity contribution in [2.24, 2.45) is 0 Å². The number of hydrogen-bond acceptors (Lipinski definition) is 5. The first-order valence-corrected chi connectivity index (χ1v) is 7.70. The Labute approximate surface area is 125 Å². The highest BCUT2D eigenvalue weighted by Crippen LogP contribution is 2.12. The van der Waals surface area contributed by atoms with Crippen LogP contribution in [-0.2, 0) is 28.9 Å². The molecule has 2 amide bonds. The molecule has 0 aliphatic carbocycles. The molecule has 1 aromatic heterocycles. The summed E-state index contributed by atoms with van der Waals surface area (Å²) in [6.45, 7) is 4.55. The molecule has 2 heterocycles. The second-order valence-corrected chi connectivity index (χ2v) is 5.27. The van der Waals surface area contributed by atoms with Gasteiger partial charge in [0.1, 0.15) is 17.5 Å². The minimum Gasteiger partial charge on any atom is -0.282 e. The van der Waals surface area contributed by atoms with Crippen molar-refractivity contribution >= 4 is 11.8 Å². The van der Waals surface area contributed by atoms with Crippen molar-refractivity contribution in [3.63, 3.8) is 0 Å². The number of imide groups is 1. The minimum absolute atomic E-state index is 0.0865. The Balaban J connectivity index is 2.07. The molecular weight excluding hydrogens is 268 g/mol. The van der Waals surface area contributed by atoms with Gasteiger partial charge < -0.3 is 0 Å². The lowest BCUT2D eigenvalue weighted by Gasteiger charge is -2.13. The summed E-state index contributed by atoms with van der Waals surface area (Å²) in [5.74, 6) is 2.13. The zero-order chi connectivity index (χ0) is 15.2. The quantitative estimate of drug-likeness (QED) is 0.711. The third-order valence-electron chi connectivity index (χ3n) is 3.44. The first-order valence-electron chi connectivity index (χ1n) is 7.70. The van der Waals surface area contributed by atoms with Crippen molar-refractivity contribution < 1.29 is 9.59 Å². The monoisotopic (exact) mass is 290 g/mol. The van der Waals surface area contributed by atoms with Crippen LogP contribution in [0.2, 0.25) is 0 Å². The third kappa shape index (κ3) is 4.06. The fourth-order valence-corrected chi connectivity index (χ4v) is 2.39. The number of nitrogens with zero attached hydrogens (tertiary/aromatic N) is 4. The Kier molecular flexibility index (Phi) is 5.36. The molecule has 1 aliphatic heterocycles. The second-order valence-electron chi connectivity index (χ2n) is 5.27. The van der Waals surface area contributed by atoms with Gasteiger partial charge in [-0.1, -0.05) is 13.8 Å². The van der Waals surface area contributed by atoms with Gasteiger partial charge in [-0.2, -0.15) is 0 Å². The largest absolute Gasteiger partial charge is 0.282 e. The Morgan fingerprint density at radius 2 is 1.24 bits per heavy atom. The van der Waals surface area contributed by atoms with Crippen molar-refractivity contribution in [2.45, 2.75) is 58.8 Å². The molecule has 0 saturated carbocycles. The van der Waals surface area contributed by atoms with Crippen molar-refractivity contribution in [2.75, 3.05) is 6.54 Å². The molecule has 1 saturated heterocycles. The number of aromatic nitrogens is 3. The standard InChI is InChI=1S/C15H22N4O2/c1-3-5-11-16-12(6-4-2)18-13(17-11)9-10-19-14(20)7-8-15(19)21/h3-10H2,1-2H3. The molecule has 114 valence electrons. The maximum Gasteiger partial charge on any atom is 0.229 e. The average Bonchev–Trinajstić information content (AvgIpc) is 2.76. The molecule has 1 aromatic rings. The highest BCUT2D eigenvalue weighted by Gasteiger charge is 2.28. The summed E-state index contributed by atoms with van der Waals surface area (Å²) in [7, 11) is 0. The number of hydrogen-bond donors (Lipinski definition) is 0. The number of amides is 2. The predicted octanol–water partition coefficient (Wildman–Crippen LogP) is 1.47. The maximum atomic E-state index is 11.6. The lowest BCUT2D eigenvalue weighted by Crippen LogP contribution is -2.31. The Morgan fingerprint density at radius 3 is 1.67 bits per heavy atom. The smallest absolute Gasteiger partial charge is 0.229 e. The Hall–Kier alpha value is -1.85. The van der Waals surface area contributed by atoms with E-state index in [1.165, 1.54) is 4.90 Å². The second kappa shape index (κ2) is 7.24. The van der Waals surface area contributed by atoms with E-state index in [1.54, 1.807) is 0 Å². The number of carbonyl (C=O) groups excluding carboxylic acids is 2. The van der Waals surface area contributed by atoms with E-state index in [1.807, 2.05) is 0 Å². The highest BCUT2D eigenvalue weighted by atomic mass is 16.2. The van der Waals surface area contributed by atoms with Gasteiger partial charge in [-0.15, -0.1) is 0 Å². The van der Waals surface area contributed by atoms with Crippen molar-refractivity contribution in [1.82, 2.24) is 19.9 Å². The molecule has 6 heteroatoms. The van der Waals surface area contributed by atoms with Crippen molar-refractivity contribution in [3.8, 4) is 0 Å². The van der Waals surface area contributed by atoms with Crippen LogP contribution in [0.15, 0.2) is 0 Å². The molecule has 6 nitrogen and oxygen atoms in total. The molecule has 2 rings (SSSR count). The van der Waals surface area contributed by atoms with Crippen LogP contribution < -0.4 is 0 Å². The topological polar surface area (TPSA) is 76.1 Å². The van der Waals surface area contributed by atoms with Crippen LogP contribution in [0, 0.1) is 0 Å². The van der Waals surface area contributed by atoms with Gasteiger partial charge in [-0.3, -0.25) is 14.5 Å². The number of aryl methyl sites for hydroxylation is 2. The van der Waals surface area contributed by atoms with E-state index in [4.69, 9.17) is 0 Å². The lowest BCUT2D eigenvalue weighted by molar-refractivity contribution is -0.138. The molecule has 0 unspecified atom stereocenters. The first kappa shape index (κ1) is 15.5. The summed E-state index contributed by atoms with van der Waals surface area (Å²) in [4.78, 5) is 37.9.